The number of ether oxygens (including phenoxy) is 1. The highest BCUT2D eigenvalue weighted by Crippen LogP contribution is 2.43. The number of amides is 1. The van der Waals surface area contributed by atoms with Crippen molar-refractivity contribution in [2.75, 3.05) is 40.9 Å². The van der Waals surface area contributed by atoms with E-state index in [9.17, 15) is 19.0 Å². The summed E-state index contributed by atoms with van der Waals surface area (Å²) < 4.78 is 30.9. The minimum absolute atomic E-state index is 0.0352. The van der Waals surface area contributed by atoms with Gasteiger partial charge in [0, 0.05) is 12.8 Å². The van der Waals surface area contributed by atoms with Crippen molar-refractivity contribution in [3.63, 3.8) is 0 Å². The molecule has 0 aliphatic carbocycles. The molecule has 3 unspecified atom stereocenters. The van der Waals surface area contributed by atoms with E-state index < -0.39 is 20.0 Å². The van der Waals surface area contributed by atoms with E-state index in [1.165, 1.54) is 212 Å². The van der Waals surface area contributed by atoms with Crippen LogP contribution in [-0.2, 0) is 27.9 Å². The van der Waals surface area contributed by atoms with Gasteiger partial charge in [0.2, 0.25) is 5.91 Å². The topological polar surface area (TPSA) is 111 Å². The molecule has 0 spiro atoms. The molecule has 0 aliphatic rings. The second-order valence-electron chi connectivity index (χ2n) is 26.8. The monoisotopic (exact) mass is 1290 g/mol. The van der Waals surface area contributed by atoms with E-state index in [0.717, 1.165) is 96.3 Å². The Morgan fingerprint density at radius 2 is 0.670 bits per heavy atom. The maximum absolute atomic E-state index is 13.6. The first kappa shape index (κ1) is 87.7. The number of unbranched alkanes of at least 4 members (excludes halogenated alkanes) is 37. The molecule has 0 aliphatic heterocycles. The molecule has 9 nitrogen and oxygen atoms in total. The third kappa shape index (κ3) is 70.8. The lowest BCUT2D eigenvalue weighted by atomic mass is 10.0. The zero-order chi connectivity index (χ0) is 66.3. The molecule has 2 N–H and O–H groups in total. The van der Waals surface area contributed by atoms with Crippen LogP contribution in [-0.4, -0.2) is 74.3 Å². The minimum Gasteiger partial charge on any atom is -0.456 e. The lowest BCUT2D eigenvalue weighted by Crippen LogP contribution is -2.47. The smallest absolute Gasteiger partial charge is 0.456 e. The molecule has 0 saturated heterocycles. The van der Waals surface area contributed by atoms with E-state index >= 15 is 0 Å². The average molecular weight is 1290 g/mol. The van der Waals surface area contributed by atoms with E-state index in [2.05, 4.69) is 123 Å². The van der Waals surface area contributed by atoms with Gasteiger partial charge < -0.3 is 19.4 Å². The second kappa shape index (κ2) is 69.5. The van der Waals surface area contributed by atoms with Gasteiger partial charge in [-0.15, -0.1) is 0 Å². The maximum Gasteiger partial charge on any atom is 0.472 e. The molecule has 526 valence electrons. The number of hydrogen-bond donors (Lipinski definition) is 2. The normalized spacial score (nSPS) is 14.1. The first-order valence-electron chi connectivity index (χ1n) is 38.2. The van der Waals surface area contributed by atoms with Gasteiger partial charge in [-0.1, -0.05) is 317 Å². The van der Waals surface area contributed by atoms with Crippen molar-refractivity contribution in [1.29, 1.82) is 0 Å². The fourth-order valence-corrected chi connectivity index (χ4v) is 11.5. The molecule has 3 atom stereocenters. The molecular weight excluding hydrogens is 1140 g/mol. The Balaban J connectivity index is 4.96. The number of rotatable bonds is 69. The van der Waals surface area contributed by atoms with Gasteiger partial charge in [-0.05, 0) is 122 Å². The van der Waals surface area contributed by atoms with Gasteiger partial charge in [-0.2, -0.15) is 0 Å². The highest BCUT2D eigenvalue weighted by molar-refractivity contribution is 7.47. The number of nitrogens with one attached hydrogen (secondary N) is 1. The predicted molar refractivity (Wildman–Crippen MR) is 397 cm³/mol. The van der Waals surface area contributed by atoms with E-state index in [-0.39, 0.29) is 31.5 Å². The SMILES string of the molecule is CCCCC/C=C\C/C=C\C/C=C\C/C=C\CCCCCCCCCCCCCC(=O)NC(COP(=O)(O)OCC[N+](C)(C)C)C(/C=C/CCCCCCCCCCC)OC(=O)CCCCCCCCCCCCC/C=C\C/C=C\C/C=C\C/C=C\CCCCC. The number of carbonyl (C=O) groups is 2. The molecular formula is C81H146N2O7P+. The van der Waals surface area contributed by atoms with Crippen LogP contribution in [0.2, 0.25) is 0 Å². The lowest BCUT2D eigenvalue weighted by molar-refractivity contribution is -0.870. The van der Waals surface area contributed by atoms with Crippen LogP contribution < -0.4 is 5.32 Å². The van der Waals surface area contributed by atoms with Gasteiger partial charge in [0.1, 0.15) is 19.3 Å². The number of nitrogens with zero attached hydrogens (tertiary/aromatic N) is 1. The Hall–Kier alpha value is -3.33. The van der Waals surface area contributed by atoms with Gasteiger partial charge in [-0.3, -0.25) is 18.6 Å². The number of carbonyl (C=O) groups excluding carboxylic acids is 2. The van der Waals surface area contributed by atoms with E-state index in [4.69, 9.17) is 13.8 Å². The molecule has 0 saturated carbocycles. The average Bonchev–Trinajstić information content (AvgIpc) is 3.08. The zero-order valence-electron chi connectivity index (χ0n) is 60.3. The van der Waals surface area contributed by atoms with Crippen molar-refractivity contribution in [3.8, 4) is 0 Å². The number of allylic oxidation sites excluding steroid dienone is 17. The molecule has 0 fully saturated rings. The van der Waals surface area contributed by atoms with Crippen LogP contribution in [0.4, 0.5) is 0 Å². The van der Waals surface area contributed by atoms with Crippen molar-refractivity contribution >= 4 is 19.7 Å². The van der Waals surface area contributed by atoms with Crippen molar-refractivity contribution < 1.29 is 37.3 Å². The summed E-state index contributed by atoms with van der Waals surface area (Å²) in [6.45, 7) is 6.97. The molecule has 10 heteroatoms. The van der Waals surface area contributed by atoms with E-state index in [1.807, 2.05) is 33.3 Å². The third-order valence-electron chi connectivity index (χ3n) is 16.7. The second-order valence-corrected chi connectivity index (χ2v) is 28.3. The van der Waals surface area contributed by atoms with Crippen LogP contribution in [0.5, 0.6) is 0 Å². The summed E-state index contributed by atoms with van der Waals surface area (Å²) in [5, 5.41) is 3.07. The van der Waals surface area contributed by atoms with Crippen LogP contribution in [0.25, 0.3) is 0 Å². The molecule has 91 heavy (non-hydrogen) atoms. The van der Waals surface area contributed by atoms with Crippen LogP contribution in [0, 0.1) is 0 Å². The number of quaternary nitrogens is 1. The number of likely N-dealkylation sites (N-methyl/N-ethyl adjacent to an activating group) is 1. The number of hydrogen-bond acceptors (Lipinski definition) is 6. The summed E-state index contributed by atoms with van der Waals surface area (Å²) in [4.78, 5) is 38.0. The predicted octanol–water partition coefficient (Wildman–Crippen LogP) is 24.8. The Morgan fingerprint density at radius 3 is 1.02 bits per heavy atom. The molecule has 0 bridgehead atoms. The van der Waals surface area contributed by atoms with Gasteiger partial charge in [0.25, 0.3) is 0 Å². The van der Waals surface area contributed by atoms with Crippen LogP contribution in [0.15, 0.2) is 109 Å². The Kier molecular flexibility index (Phi) is 67.0. The molecule has 0 radical (unpaired) electrons. The number of phosphoric ester groups is 1. The molecule has 0 heterocycles. The molecule has 1 amide bonds. The summed E-state index contributed by atoms with van der Waals surface area (Å²) in [7, 11) is 1.49. The first-order valence-corrected chi connectivity index (χ1v) is 39.7. The fraction of sp³-hybridized carbons (Fsp3) is 0.753. The highest BCUT2D eigenvalue weighted by Gasteiger charge is 2.30. The molecule has 0 aromatic rings. The summed E-state index contributed by atoms with van der Waals surface area (Å²) in [6, 6.07) is -0.859. The zero-order valence-corrected chi connectivity index (χ0v) is 61.2. The van der Waals surface area contributed by atoms with Crippen molar-refractivity contribution in [1.82, 2.24) is 5.32 Å². The number of esters is 1. The van der Waals surface area contributed by atoms with Gasteiger partial charge in [0.15, 0.2) is 0 Å². The van der Waals surface area contributed by atoms with Gasteiger partial charge in [-0.25, -0.2) is 4.57 Å². The van der Waals surface area contributed by atoms with Crippen molar-refractivity contribution in [3.05, 3.63) is 109 Å². The number of phosphoric acid groups is 1. The van der Waals surface area contributed by atoms with Crippen molar-refractivity contribution in [2.24, 2.45) is 0 Å². The van der Waals surface area contributed by atoms with E-state index in [1.54, 1.807) is 0 Å². The lowest BCUT2D eigenvalue weighted by Gasteiger charge is -2.27. The third-order valence-corrected chi connectivity index (χ3v) is 17.7. The minimum atomic E-state index is -4.46. The molecule has 0 aromatic carbocycles. The summed E-state index contributed by atoms with van der Waals surface area (Å²) in [5.41, 5.74) is 0. The summed E-state index contributed by atoms with van der Waals surface area (Å²) >= 11 is 0. The maximum atomic E-state index is 13.6. The molecule has 0 aromatic heterocycles. The van der Waals surface area contributed by atoms with Gasteiger partial charge in [0.05, 0.1) is 33.8 Å². The van der Waals surface area contributed by atoms with Crippen molar-refractivity contribution in [2.45, 2.75) is 354 Å². The highest BCUT2D eigenvalue weighted by atomic mass is 31.2. The Morgan fingerprint density at radius 1 is 0.385 bits per heavy atom. The Labute approximate surface area is 563 Å². The summed E-state index contributed by atoms with van der Waals surface area (Å²) in [6.07, 6.45) is 96.8. The quantitative estimate of drug-likeness (QED) is 0.0205. The molecule has 0 rings (SSSR count). The van der Waals surface area contributed by atoms with E-state index in [0.29, 0.717) is 17.4 Å². The first-order chi connectivity index (χ1) is 44.4. The fourth-order valence-electron chi connectivity index (χ4n) is 10.8. The Bertz CT molecular complexity index is 1930. The summed E-state index contributed by atoms with van der Waals surface area (Å²) in [5.74, 6) is -0.508. The van der Waals surface area contributed by atoms with Crippen LogP contribution in [0.3, 0.4) is 0 Å². The standard InChI is InChI=1S/C81H145N2O7P/c1-7-10-13-16-19-22-25-27-29-31-33-35-37-39-41-43-45-47-49-51-53-55-58-61-64-67-70-73-80(84)82-78(77-89-91(86,87)88-76-75-83(4,5)6)79(72-69-66-63-60-57-24-21-18-15-12-9-3)90-81(85)74-71-68-65-62-59-56-54-52-50-48-46-44-42-40-38-36-34-32-30-28-26-23-20-17-14-11-8-2/h19-20,22-23,27-30,33-36,39-42,69,72,78-79H,7-18,21,24-26,31-32,37-38,43-68,70-71,73-77H2,1-6H3,(H-,82,84,86,87)/p+1/b22-19-,23-20-,29-27-,30-28-,35-33-,36-34-,41-39-,42-40-,72-69+. The largest absolute Gasteiger partial charge is 0.472 e. The van der Waals surface area contributed by atoms with Gasteiger partial charge >= 0.3 is 13.8 Å². The van der Waals surface area contributed by atoms with Crippen LogP contribution in [0.1, 0.15) is 342 Å². The van der Waals surface area contributed by atoms with Crippen LogP contribution >= 0.6 is 7.82 Å².